The molecule has 6 nitrogen and oxygen atoms in total. The zero-order valence-corrected chi connectivity index (χ0v) is 18.6. The van der Waals surface area contributed by atoms with Crippen molar-refractivity contribution in [3.8, 4) is 0 Å². The van der Waals surface area contributed by atoms with Gasteiger partial charge in [0.05, 0.1) is 12.7 Å². The number of carbonyl (C=O) groups is 3. The molecule has 0 saturated heterocycles. The molecule has 2 aromatic rings. The van der Waals surface area contributed by atoms with Crippen molar-refractivity contribution in [3.63, 3.8) is 0 Å². The lowest BCUT2D eigenvalue weighted by atomic mass is 9.63. The summed E-state index contributed by atoms with van der Waals surface area (Å²) >= 11 is 0. The average Bonchev–Trinajstić information content (AvgIpc) is 2.74. The quantitative estimate of drug-likeness (QED) is 0.697. The smallest absolute Gasteiger partial charge is 0.335 e. The summed E-state index contributed by atoms with van der Waals surface area (Å²) in [5.74, 6) is -2.12. The van der Waals surface area contributed by atoms with Gasteiger partial charge in [0, 0.05) is 5.56 Å². The fourth-order valence-corrected chi connectivity index (χ4v) is 4.16. The van der Waals surface area contributed by atoms with Gasteiger partial charge in [-0.1, -0.05) is 45.9 Å². The topological polar surface area (TPSA) is 92.7 Å². The number of methoxy groups -OCH3 is 1. The van der Waals surface area contributed by atoms with Gasteiger partial charge in [-0.15, -0.1) is 0 Å². The van der Waals surface area contributed by atoms with Gasteiger partial charge in [-0.05, 0) is 64.6 Å². The van der Waals surface area contributed by atoms with E-state index in [1.165, 1.54) is 42.5 Å². The van der Waals surface area contributed by atoms with Gasteiger partial charge in [0.15, 0.2) is 6.04 Å². The average molecular weight is 424 g/mol. The second kappa shape index (κ2) is 8.17. The number of ether oxygens (including phenoxy) is 1. The molecule has 2 N–H and O–H groups in total. The molecule has 31 heavy (non-hydrogen) atoms. The lowest BCUT2D eigenvalue weighted by molar-refractivity contribution is -0.143. The first-order valence-electron chi connectivity index (χ1n) is 10.3. The minimum atomic E-state index is -1.07. The highest BCUT2D eigenvalue weighted by Gasteiger charge is 2.38. The first kappa shape index (κ1) is 22.5. The Balaban J connectivity index is 1.96. The van der Waals surface area contributed by atoms with Crippen LogP contribution in [0.4, 0.5) is 0 Å². The highest BCUT2D eigenvalue weighted by Crippen LogP contribution is 2.46. The molecule has 6 heteroatoms. The van der Waals surface area contributed by atoms with E-state index in [1.807, 2.05) is 12.1 Å². The molecule has 0 aliphatic heterocycles. The van der Waals surface area contributed by atoms with E-state index in [0.29, 0.717) is 5.56 Å². The molecule has 0 bridgehead atoms. The summed E-state index contributed by atoms with van der Waals surface area (Å²) in [4.78, 5) is 36.4. The molecule has 3 rings (SSSR count). The standard InChI is InChI=1S/C25H29NO5/c1-24(2)12-13-25(3,4)19-14-17(10-11-18(19)24)20(23(30)31-5)26-21(27)15-6-8-16(9-7-15)22(28)29/h6-11,14,20H,12-13H2,1-5H3,(H,26,27)(H,28,29). The normalized spacial score (nSPS) is 17.2. The zero-order valence-electron chi connectivity index (χ0n) is 18.6. The summed E-state index contributed by atoms with van der Waals surface area (Å²) in [5, 5.41) is 11.8. The third-order valence-electron chi connectivity index (χ3n) is 6.32. The molecule has 164 valence electrons. The number of aromatic carboxylic acids is 1. The number of hydrogen-bond acceptors (Lipinski definition) is 4. The number of rotatable bonds is 5. The van der Waals surface area contributed by atoms with Crippen LogP contribution in [0.25, 0.3) is 0 Å². The Hall–Kier alpha value is -3.15. The maximum atomic E-state index is 12.8. The molecule has 1 atom stereocenters. The third-order valence-corrected chi connectivity index (χ3v) is 6.32. The number of hydrogen-bond donors (Lipinski definition) is 2. The number of benzene rings is 2. The molecule has 0 saturated carbocycles. The predicted molar refractivity (Wildman–Crippen MR) is 117 cm³/mol. The summed E-state index contributed by atoms with van der Waals surface area (Å²) in [6, 6.07) is 10.5. The first-order chi connectivity index (χ1) is 14.5. The van der Waals surface area contributed by atoms with Crippen molar-refractivity contribution in [2.24, 2.45) is 0 Å². The van der Waals surface area contributed by atoms with Crippen LogP contribution in [0.2, 0.25) is 0 Å². The molecule has 0 heterocycles. The summed E-state index contributed by atoms with van der Waals surface area (Å²) in [6.07, 6.45) is 2.11. The van der Waals surface area contributed by atoms with E-state index in [2.05, 4.69) is 39.1 Å². The van der Waals surface area contributed by atoms with Crippen molar-refractivity contribution in [3.05, 3.63) is 70.3 Å². The Morgan fingerprint density at radius 1 is 0.903 bits per heavy atom. The van der Waals surface area contributed by atoms with Gasteiger partial charge in [0.2, 0.25) is 0 Å². The molecule has 0 aromatic heterocycles. The third kappa shape index (κ3) is 4.48. The van der Waals surface area contributed by atoms with Crippen molar-refractivity contribution in [2.75, 3.05) is 7.11 Å². The van der Waals surface area contributed by atoms with Crippen molar-refractivity contribution in [1.29, 1.82) is 0 Å². The highest BCUT2D eigenvalue weighted by atomic mass is 16.5. The Labute approximate surface area is 182 Å². The van der Waals surface area contributed by atoms with Crippen LogP contribution in [-0.4, -0.2) is 30.1 Å². The maximum absolute atomic E-state index is 12.8. The van der Waals surface area contributed by atoms with Crippen LogP contribution in [0, 0.1) is 0 Å². The monoisotopic (exact) mass is 423 g/mol. The van der Waals surface area contributed by atoms with Crippen molar-refractivity contribution in [1.82, 2.24) is 5.32 Å². The molecule has 1 aliphatic rings. The molecule has 1 aliphatic carbocycles. The number of carbonyl (C=O) groups excluding carboxylic acids is 2. The molecule has 1 amide bonds. The van der Waals surface area contributed by atoms with Gasteiger partial charge in [0.25, 0.3) is 5.91 Å². The lowest BCUT2D eigenvalue weighted by Crippen LogP contribution is -2.37. The van der Waals surface area contributed by atoms with Gasteiger partial charge in [-0.25, -0.2) is 9.59 Å². The molecular weight excluding hydrogens is 394 g/mol. The van der Waals surface area contributed by atoms with Gasteiger partial charge in [-0.3, -0.25) is 4.79 Å². The Morgan fingerprint density at radius 2 is 1.45 bits per heavy atom. The number of carboxylic acid groups (broad SMARTS) is 1. The lowest BCUT2D eigenvalue weighted by Gasteiger charge is -2.42. The number of amides is 1. The van der Waals surface area contributed by atoms with Crippen molar-refractivity contribution < 1.29 is 24.2 Å². The van der Waals surface area contributed by atoms with Crippen molar-refractivity contribution >= 4 is 17.8 Å². The van der Waals surface area contributed by atoms with Crippen LogP contribution < -0.4 is 5.32 Å². The van der Waals surface area contributed by atoms with Gasteiger partial charge < -0.3 is 15.2 Å². The van der Waals surface area contributed by atoms with Crippen LogP contribution in [-0.2, 0) is 20.4 Å². The molecular formula is C25H29NO5. The summed E-state index contributed by atoms with van der Waals surface area (Å²) in [7, 11) is 1.29. The van der Waals surface area contributed by atoms with Crippen LogP contribution >= 0.6 is 0 Å². The van der Waals surface area contributed by atoms with Crippen LogP contribution in [0.5, 0.6) is 0 Å². The fraction of sp³-hybridized carbons (Fsp3) is 0.400. The molecule has 0 radical (unpaired) electrons. The summed E-state index contributed by atoms with van der Waals surface area (Å²) in [5.41, 5.74) is 3.44. The largest absolute Gasteiger partial charge is 0.478 e. The predicted octanol–water partition coefficient (Wildman–Crippen LogP) is 4.38. The zero-order chi connectivity index (χ0) is 23.0. The second-order valence-electron chi connectivity index (χ2n) is 9.38. The number of fused-ring (bicyclic) bond motifs is 1. The summed E-state index contributed by atoms with van der Waals surface area (Å²) in [6.45, 7) is 8.84. The van der Waals surface area contributed by atoms with E-state index >= 15 is 0 Å². The molecule has 2 aromatic carbocycles. The van der Waals surface area contributed by atoms with E-state index in [0.717, 1.165) is 12.8 Å². The van der Waals surface area contributed by atoms with Crippen molar-refractivity contribution in [2.45, 2.75) is 57.4 Å². The number of carboxylic acids is 1. The van der Waals surface area contributed by atoms with Gasteiger partial charge >= 0.3 is 11.9 Å². The first-order valence-corrected chi connectivity index (χ1v) is 10.3. The van der Waals surface area contributed by atoms with Gasteiger partial charge in [0.1, 0.15) is 0 Å². The Morgan fingerprint density at radius 3 is 2.00 bits per heavy atom. The van der Waals surface area contributed by atoms with Crippen LogP contribution in [0.15, 0.2) is 42.5 Å². The molecule has 0 fully saturated rings. The van der Waals surface area contributed by atoms with E-state index < -0.39 is 23.9 Å². The Bertz CT molecular complexity index is 1020. The van der Waals surface area contributed by atoms with E-state index in [-0.39, 0.29) is 22.0 Å². The fourth-order valence-electron chi connectivity index (χ4n) is 4.16. The minimum Gasteiger partial charge on any atom is -0.478 e. The SMILES string of the molecule is COC(=O)C(NC(=O)c1ccc(C(=O)O)cc1)c1ccc2c(c1)C(C)(C)CCC2(C)C. The van der Waals surface area contributed by atoms with Crippen LogP contribution in [0.3, 0.4) is 0 Å². The van der Waals surface area contributed by atoms with Gasteiger partial charge in [-0.2, -0.15) is 0 Å². The van der Waals surface area contributed by atoms with E-state index in [1.54, 1.807) is 0 Å². The van der Waals surface area contributed by atoms with E-state index in [9.17, 15) is 14.4 Å². The molecule has 1 unspecified atom stereocenters. The van der Waals surface area contributed by atoms with Crippen LogP contribution in [0.1, 0.15) is 84.0 Å². The molecule has 0 spiro atoms. The van der Waals surface area contributed by atoms with E-state index in [4.69, 9.17) is 9.84 Å². The highest BCUT2D eigenvalue weighted by molar-refractivity contribution is 5.98. The Kier molecular flexibility index (Phi) is 5.94. The number of esters is 1. The summed E-state index contributed by atoms with van der Waals surface area (Å²) < 4.78 is 4.96. The maximum Gasteiger partial charge on any atom is 0.335 e. The second-order valence-corrected chi connectivity index (χ2v) is 9.38. The minimum absolute atomic E-state index is 0.0410. The number of nitrogens with one attached hydrogen (secondary N) is 1.